The quantitative estimate of drug-likeness (QED) is 0.288. The van der Waals surface area contributed by atoms with Gasteiger partial charge in [0.25, 0.3) is 11.8 Å². The van der Waals surface area contributed by atoms with Gasteiger partial charge < -0.3 is 25.8 Å². The van der Waals surface area contributed by atoms with Crippen LogP contribution in [0.2, 0.25) is 0 Å². The van der Waals surface area contributed by atoms with Crippen LogP contribution < -0.4 is 26.6 Å². The maximum atomic E-state index is 12.8. The Bertz CT molecular complexity index is 1660. The number of hydrogen-bond acceptors (Lipinski definition) is 9. The second kappa shape index (κ2) is 14.6. The molecule has 5 heterocycles. The summed E-state index contributed by atoms with van der Waals surface area (Å²) in [6, 6.07) is 11.5. The molecule has 0 aromatic heterocycles. The van der Waals surface area contributed by atoms with Crippen LogP contribution in [0.1, 0.15) is 102 Å². The van der Waals surface area contributed by atoms with E-state index in [0.29, 0.717) is 49.1 Å². The van der Waals surface area contributed by atoms with Crippen LogP contribution in [0.5, 0.6) is 0 Å². The molecule has 6 amide bonds. The molecule has 50 heavy (non-hydrogen) atoms. The highest BCUT2D eigenvalue weighted by Crippen LogP contribution is 2.32. The average molecular weight is 684 g/mol. The third-order valence-corrected chi connectivity index (χ3v) is 10.7. The molecule has 2 aromatic carbocycles. The van der Waals surface area contributed by atoms with Gasteiger partial charge in [0, 0.05) is 60.5 Å². The summed E-state index contributed by atoms with van der Waals surface area (Å²) in [4.78, 5) is 75.4. The Labute approximate surface area is 291 Å². The summed E-state index contributed by atoms with van der Waals surface area (Å²) in [5, 5.41) is 15.1. The average Bonchev–Trinajstić information content (AvgIpc) is 3.61. The minimum atomic E-state index is -0.557. The predicted molar refractivity (Wildman–Crippen MR) is 185 cm³/mol. The minimum absolute atomic E-state index is 0.117. The lowest BCUT2D eigenvalue weighted by Crippen LogP contribution is -2.52. The molecule has 2 aromatic rings. The van der Waals surface area contributed by atoms with Crippen molar-refractivity contribution < 1.29 is 28.8 Å². The van der Waals surface area contributed by atoms with Crippen molar-refractivity contribution in [1.29, 1.82) is 0 Å². The van der Waals surface area contributed by atoms with E-state index in [1.807, 2.05) is 36.4 Å². The maximum absolute atomic E-state index is 12.8. The molecule has 5 N–H and O–H groups in total. The monoisotopic (exact) mass is 683 g/mol. The lowest BCUT2D eigenvalue weighted by molar-refractivity contribution is -0.138. The van der Waals surface area contributed by atoms with Gasteiger partial charge in [0.2, 0.25) is 23.6 Å². The molecule has 13 heteroatoms. The third-order valence-electron chi connectivity index (χ3n) is 10.7. The molecular formula is C37H45N7O6. The van der Waals surface area contributed by atoms with E-state index in [9.17, 15) is 28.8 Å². The number of rotatable bonds is 6. The van der Waals surface area contributed by atoms with Crippen molar-refractivity contribution in [1.82, 2.24) is 25.8 Å². The Morgan fingerprint density at radius 3 is 1.72 bits per heavy atom. The van der Waals surface area contributed by atoms with E-state index in [1.165, 1.54) is 32.1 Å². The summed E-state index contributed by atoms with van der Waals surface area (Å²) < 4.78 is 0. The molecule has 0 radical (unpaired) electrons. The van der Waals surface area contributed by atoms with Crippen LogP contribution in [0.3, 0.4) is 0 Å². The van der Waals surface area contributed by atoms with Gasteiger partial charge in [-0.05, 0) is 93.1 Å². The largest absolute Gasteiger partial charge is 0.382 e. The Hall–Kier alpha value is -4.78. The first-order valence-electron chi connectivity index (χ1n) is 18.0. The number of nitrogens with one attached hydrogen (secondary N) is 5. The number of nitrogens with zero attached hydrogens (tertiary/aromatic N) is 2. The molecule has 0 spiro atoms. The number of carbonyl (C=O) groups excluding carboxylic acids is 6. The highest BCUT2D eigenvalue weighted by molar-refractivity contribution is 6.06. The summed E-state index contributed by atoms with van der Waals surface area (Å²) >= 11 is 0. The fraction of sp³-hybridized carbons (Fsp3) is 0.514. The van der Waals surface area contributed by atoms with Gasteiger partial charge in [-0.15, -0.1) is 0 Å². The standard InChI is InChI=1S/C19H23N3O3.C18H22N4O3/c23-17-9-8-16(18(24)21-17)22-11-12-10-14(6-7-15(12)19(22)25)20-13-4-2-1-3-5-13;23-16-4-3-15(17(24)21-16)22-10-11-1-2-13(9-14(11)18(22)25)20-12-5-7-19-8-6-12/h6-7,10,13,16,20H,1-5,8-9,11H2,(H,21,23,24);1-2,9,12,15,19-20H,3-8,10H2,(H,21,23,24). The first-order chi connectivity index (χ1) is 24.2. The number of amides is 6. The summed E-state index contributed by atoms with van der Waals surface area (Å²) in [6.07, 6.45) is 9.72. The second-order valence-corrected chi connectivity index (χ2v) is 14.2. The molecule has 2 unspecified atom stereocenters. The molecule has 5 aliphatic heterocycles. The number of benzene rings is 2. The molecular weight excluding hydrogens is 638 g/mol. The lowest BCUT2D eigenvalue weighted by atomic mass is 9.95. The molecule has 2 atom stereocenters. The summed E-state index contributed by atoms with van der Waals surface area (Å²) in [5.74, 6) is -1.50. The van der Waals surface area contributed by atoms with Gasteiger partial charge in [-0.3, -0.25) is 39.4 Å². The zero-order chi connectivity index (χ0) is 34.8. The van der Waals surface area contributed by atoms with Crippen molar-refractivity contribution in [3.8, 4) is 0 Å². The Balaban J connectivity index is 0.000000157. The van der Waals surface area contributed by atoms with Crippen LogP contribution >= 0.6 is 0 Å². The van der Waals surface area contributed by atoms with Crippen molar-refractivity contribution in [2.45, 2.75) is 108 Å². The molecule has 4 fully saturated rings. The first-order valence-corrected chi connectivity index (χ1v) is 18.0. The van der Waals surface area contributed by atoms with Gasteiger partial charge in [0.15, 0.2) is 0 Å². The Kier molecular flexibility index (Phi) is 9.84. The van der Waals surface area contributed by atoms with E-state index >= 15 is 0 Å². The maximum Gasteiger partial charge on any atom is 0.255 e. The summed E-state index contributed by atoms with van der Waals surface area (Å²) in [6.45, 7) is 2.87. The fourth-order valence-corrected chi connectivity index (χ4v) is 7.99. The highest BCUT2D eigenvalue weighted by atomic mass is 16.2. The van der Waals surface area contributed by atoms with Crippen molar-refractivity contribution in [3.63, 3.8) is 0 Å². The molecule has 0 bridgehead atoms. The normalized spacial score (nSPS) is 24.2. The Morgan fingerprint density at radius 2 is 1.10 bits per heavy atom. The van der Waals surface area contributed by atoms with Gasteiger partial charge in [0.05, 0.1) is 0 Å². The molecule has 1 saturated carbocycles. The van der Waals surface area contributed by atoms with Gasteiger partial charge in [-0.1, -0.05) is 25.3 Å². The van der Waals surface area contributed by atoms with Crippen LogP contribution in [-0.4, -0.2) is 82.5 Å². The SMILES string of the molecule is O=C1CCC(N2Cc3cc(NC4CCCCC4)ccc3C2=O)C(=O)N1.O=C1CCC(N2Cc3ccc(NC4CCNCC4)cc3C2=O)C(=O)N1. The van der Waals surface area contributed by atoms with Crippen molar-refractivity contribution >= 4 is 46.8 Å². The number of fused-ring (bicyclic) bond motifs is 2. The number of hydrogen-bond donors (Lipinski definition) is 5. The topological polar surface area (TPSA) is 169 Å². The number of carbonyl (C=O) groups is 6. The number of imide groups is 2. The lowest BCUT2D eigenvalue weighted by Gasteiger charge is -2.29. The predicted octanol–water partition coefficient (Wildman–Crippen LogP) is 2.80. The minimum Gasteiger partial charge on any atom is -0.382 e. The molecule has 13 nitrogen and oxygen atoms in total. The zero-order valence-electron chi connectivity index (χ0n) is 28.2. The van der Waals surface area contributed by atoms with Crippen LogP contribution in [0, 0.1) is 0 Å². The molecule has 8 rings (SSSR count). The number of anilines is 2. The number of piperidine rings is 3. The van der Waals surface area contributed by atoms with Crippen molar-refractivity contribution in [2.75, 3.05) is 23.7 Å². The van der Waals surface area contributed by atoms with E-state index < -0.39 is 12.1 Å². The van der Waals surface area contributed by atoms with Crippen LogP contribution in [0.4, 0.5) is 11.4 Å². The van der Waals surface area contributed by atoms with E-state index in [-0.39, 0.29) is 48.3 Å². The summed E-state index contributed by atoms with van der Waals surface area (Å²) in [5.41, 5.74) is 5.20. The zero-order valence-corrected chi connectivity index (χ0v) is 28.2. The Morgan fingerprint density at radius 1 is 0.560 bits per heavy atom. The van der Waals surface area contributed by atoms with Gasteiger partial charge in [-0.25, -0.2) is 0 Å². The van der Waals surface area contributed by atoms with Gasteiger partial charge >= 0.3 is 0 Å². The smallest absolute Gasteiger partial charge is 0.255 e. The molecule has 6 aliphatic rings. The molecule has 264 valence electrons. The van der Waals surface area contributed by atoms with Gasteiger partial charge in [-0.2, -0.15) is 0 Å². The van der Waals surface area contributed by atoms with Crippen LogP contribution in [0.15, 0.2) is 36.4 Å². The molecule has 3 saturated heterocycles. The van der Waals surface area contributed by atoms with E-state index in [1.54, 1.807) is 9.80 Å². The van der Waals surface area contributed by atoms with Gasteiger partial charge in [0.1, 0.15) is 12.1 Å². The summed E-state index contributed by atoms with van der Waals surface area (Å²) in [7, 11) is 0. The van der Waals surface area contributed by atoms with E-state index in [0.717, 1.165) is 48.4 Å². The molecule has 1 aliphatic carbocycles. The van der Waals surface area contributed by atoms with Crippen molar-refractivity contribution in [2.24, 2.45) is 0 Å². The van der Waals surface area contributed by atoms with Crippen LogP contribution in [-0.2, 0) is 32.3 Å². The second-order valence-electron chi connectivity index (χ2n) is 14.2. The van der Waals surface area contributed by atoms with Crippen LogP contribution in [0.25, 0.3) is 0 Å². The fourth-order valence-electron chi connectivity index (χ4n) is 7.99. The van der Waals surface area contributed by atoms with E-state index in [4.69, 9.17) is 0 Å². The van der Waals surface area contributed by atoms with E-state index in [2.05, 4.69) is 26.6 Å². The first kappa shape index (κ1) is 33.7. The highest BCUT2D eigenvalue weighted by Gasteiger charge is 2.40. The van der Waals surface area contributed by atoms with Crippen molar-refractivity contribution in [3.05, 3.63) is 58.7 Å². The third kappa shape index (κ3) is 7.23.